The summed E-state index contributed by atoms with van der Waals surface area (Å²) in [5.74, 6) is 0. The van der Waals surface area contributed by atoms with Crippen molar-refractivity contribution in [3.8, 4) is 0 Å². The number of halogens is 1. The van der Waals surface area contributed by atoms with Gasteiger partial charge in [0, 0.05) is 5.69 Å². The number of anilines is 1. The predicted molar refractivity (Wildman–Crippen MR) is 93.2 cm³/mol. The summed E-state index contributed by atoms with van der Waals surface area (Å²) in [5, 5.41) is -0.335. The maximum Gasteiger partial charge on any atom is 0.244 e. The molecule has 128 valence electrons. The van der Waals surface area contributed by atoms with E-state index in [0.717, 1.165) is 18.5 Å². The summed E-state index contributed by atoms with van der Waals surface area (Å²) in [6.07, 6.45) is 2.14. The number of hydrogen-bond donors (Lipinski definition) is 0. The Hall–Kier alpha value is -1.10. The molecule has 1 aromatic rings. The number of carbonyl (C=O) groups excluding carboxylic acids is 1. The zero-order valence-corrected chi connectivity index (χ0v) is 14.9. The number of ether oxygens (including phenoxy) is 2. The highest BCUT2D eigenvalue weighted by atomic mass is 35.5. The van der Waals surface area contributed by atoms with E-state index in [1.54, 1.807) is 0 Å². The second-order valence-electron chi connectivity index (χ2n) is 5.68. The molecule has 1 unspecified atom stereocenters. The number of carbonyl (C=O) groups is 1. The van der Waals surface area contributed by atoms with Crippen LogP contribution in [0.3, 0.4) is 0 Å². The summed E-state index contributed by atoms with van der Waals surface area (Å²) in [7, 11) is 0. The molecule has 0 N–H and O–H groups in total. The molecule has 0 radical (unpaired) electrons. The Labute approximate surface area is 143 Å². The molecule has 1 aromatic carbocycles. The van der Waals surface area contributed by atoms with Crippen LogP contribution < -0.4 is 4.90 Å². The second kappa shape index (κ2) is 8.67. The van der Waals surface area contributed by atoms with E-state index in [4.69, 9.17) is 21.1 Å². The first-order valence-electron chi connectivity index (χ1n) is 8.42. The number of nitrogens with zero attached hydrogens (tertiary/aromatic N) is 1. The molecule has 0 bridgehead atoms. The smallest absolute Gasteiger partial charge is 0.244 e. The van der Waals surface area contributed by atoms with Crippen molar-refractivity contribution in [3.05, 3.63) is 29.3 Å². The molecule has 1 aliphatic rings. The summed E-state index contributed by atoms with van der Waals surface area (Å²) < 4.78 is 11.2. The van der Waals surface area contributed by atoms with E-state index in [2.05, 4.69) is 36.9 Å². The third kappa shape index (κ3) is 4.25. The van der Waals surface area contributed by atoms with Crippen LogP contribution in [0.5, 0.6) is 0 Å². The van der Waals surface area contributed by atoms with Gasteiger partial charge in [0.05, 0.1) is 19.8 Å². The Morgan fingerprint density at radius 1 is 1.22 bits per heavy atom. The average molecular weight is 340 g/mol. The number of aryl methyl sites for hydroxylation is 2. The van der Waals surface area contributed by atoms with Crippen LogP contribution in [-0.4, -0.2) is 37.3 Å². The van der Waals surface area contributed by atoms with Gasteiger partial charge in [-0.25, -0.2) is 0 Å². The SMILES string of the molecule is CCc1cccc(CC)c1N(CC1OCCO1)C(CC)C(=O)Cl. The Morgan fingerprint density at radius 3 is 2.22 bits per heavy atom. The normalized spacial score (nSPS) is 16.5. The minimum atomic E-state index is -0.373. The number of hydrogen-bond acceptors (Lipinski definition) is 4. The van der Waals surface area contributed by atoms with E-state index >= 15 is 0 Å². The molecule has 0 spiro atoms. The minimum absolute atomic E-state index is 0.310. The van der Waals surface area contributed by atoms with Gasteiger partial charge in [-0.05, 0) is 42.0 Å². The van der Waals surface area contributed by atoms with Crippen molar-refractivity contribution in [2.75, 3.05) is 24.7 Å². The van der Waals surface area contributed by atoms with E-state index in [1.807, 2.05) is 6.92 Å². The van der Waals surface area contributed by atoms with Crippen molar-refractivity contribution >= 4 is 22.5 Å². The van der Waals surface area contributed by atoms with Crippen molar-refractivity contribution in [1.29, 1.82) is 0 Å². The lowest BCUT2D eigenvalue weighted by atomic mass is 10.00. The zero-order valence-electron chi connectivity index (χ0n) is 14.2. The van der Waals surface area contributed by atoms with Gasteiger partial charge in [0.1, 0.15) is 6.04 Å². The van der Waals surface area contributed by atoms with Crippen LogP contribution in [0.25, 0.3) is 0 Å². The molecular formula is C18H26ClNO3. The Kier molecular flexibility index (Phi) is 6.88. The van der Waals surface area contributed by atoms with Crippen molar-refractivity contribution in [3.63, 3.8) is 0 Å². The molecule has 1 aliphatic heterocycles. The summed E-state index contributed by atoms with van der Waals surface area (Å²) in [5.41, 5.74) is 3.55. The fourth-order valence-corrected chi connectivity index (χ4v) is 3.41. The molecule has 0 aromatic heterocycles. The third-order valence-electron chi connectivity index (χ3n) is 4.31. The lowest BCUT2D eigenvalue weighted by Crippen LogP contribution is -2.45. The van der Waals surface area contributed by atoms with Crippen molar-refractivity contribution in [1.82, 2.24) is 0 Å². The van der Waals surface area contributed by atoms with E-state index in [9.17, 15) is 4.79 Å². The van der Waals surface area contributed by atoms with E-state index in [1.165, 1.54) is 11.1 Å². The summed E-state index contributed by atoms with van der Waals surface area (Å²) in [6.45, 7) is 7.95. The quantitative estimate of drug-likeness (QED) is 0.679. The number of para-hydroxylation sites is 1. The molecule has 0 saturated carbocycles. The number of benzene rings is 1. The Balaban J connectivity index is 2.45. The molecule has 1 heterocycles. The highest BCUT2D eigenvalue weighted by Gasteiger charge is 2.30. The fourth-order valence-electron chi connectivity index (χ4n) is 3.14. The molecule has 23 heavy (non-hydrogen) atoms. The molecule has 1 fully saturated rings. The maximum absolute atomic E-state index is 12.0. The largest absolute Gasteiger partial charge is 0.355 e. The molecule has 0 aliphatic carbocycles. The van der Waals surface area contributed by atoms with Crippen LogP contribution >= 0.6 is 11.6 Å². The molecule has 5 heteroatoms. The van der Waals surface area contributed by atoms with Crippen LogP contribution in [-0.2, 0) is 27.1 Å². The van der Waals surface area contributed by atoms with Gasteiger partial charge in [0.2, 0.25) is 5.24 Å². The van der Waals surface area contributed by atoms with Crippen LogP contribution in [0.2, 0.25) is 0 Å². The molecular weight excluding hydrogens is 314 g/mol. The van der Waals surface area contributed by atoms with Gasteiger partial charge in [-0.15, -0.1) is 0 Å². The summed E-state index contributed by atoms with van der Waals surface area (Å²) in [4.78, 5) is 14.1. The molecule has 0 amide bonds. The highest BCUT2D eigenvalue weighted by Crippen LogP contribution is 2.31. The van der Waals surface area contributed by atoms with Gasteiger partial charge < -0.3 is 14.4 Å². The van der Waals surface area contributed by atoms with Gasteiger partial charge in [-0.1, -0.05) is 39.0 Å². The fraction of sp³-hybridized carbons (Fsp3) is 0.611. The molecule has 1 saturated heterocycles. The van der Waals surface area contributed by atoms with Crippen molar-refractivity contribution in [2.45, 2.75) is 52.4 Å². The minimum Gasteiger partial charge on any atom is -0.355 e. The first-order chi connectivity index (χ1) is 11.1. The predicted octanol–water partition coefficient (Wildman–Crippen LogP) is 3.53. The first-order valence-corrected chi connectivity index (χ1v) is 8.80. The van der Waals surface area contributed by atoms with E-state index in [-0.39, 0.29) is 17.6 Å². The van der Waals surface area contributed by atoms with E-state index < -0.39 is 0 Å². The van der Waals surface area contributed by atoms with Crippen LogP contribution in [0, 0.1) is 0 Å². The van der Waals surface area contributed by atoms with Crippen molar-refractivity contribution < 1.29 is 14.3 Å². The average Bonchev–Trinajstić information content (AvgIpc) is 3.06. The van der Waals surface area contributed by atoms with E-state index in [0.29, 0.717) is 26.2 Å². The lowest BCUT2D eigenvalue weighted by molar-refractivity contribution is -0.113. The third-order valence-corrected chi connectivity index (χ3v) is 4.57. The summed E-state index contributed by atoms with van der Waals surface area (Å²) in [6, 6.07) is 5.93. The maximum atomic E-state index is 12.0. The topological polar surface area (TPSA) is 38.8 Å². The molecule has 4 nitrogen and oxygen atoms in total. The summed E-state index contributed by atoms with van der Waals surface area (Å²) >= 11 is 5.90. The zero-order chi connectivity index (χ0) is 16.8. The van der Waals surface area contributed by atoms with Crippen LogP contribution in [0.15, 0.2) is 18.2 Å². The van der Waals surface area contributed by atoms with Crippen LogP contribution in [0.1, 0.15) is 38.3 Å². The standard InChI is InChI=1S/C18H26ClNO3/c1-4-13-8-7-9-14(5-2)17(13)20(15(6-3)18(19)21)12-16-22-10-11-23-16/h7-9,15-16H,4-6,10-12H2,1-3H3. The first kappa shape index (κ1) is 18.2. The Morgan fingerprint density at radius 2 is 1.78 bits per heavy atom. The molecule has 1 atom stereocenters. The lowest BCUT2D eigenvalue weighted by Gasteiger charge is -2.35. The molecule has 2 rings (SSSR count). The Bertz CT molecular complexity index is 507. The van der Waals surface area contributed by atoms with Gasteiger partial charge >= 0.3 is 0 Å². The van der Waals surface area contributed by atoms with Gasteiger partial charge in [-0.3, -0.25) is 4.79 Å². The van der Waals surface area contributed by atoms with Crippen molar-refractivity contribution in [2.24, 2.45) is 0 Å². The van der Waals surface area contributed by atoms with Gasteiger partial charge in [0.25, 0.3) is 0 Å². The monoisotopic (exact) mass is 339 g/mol. The van der Waals surface area contributed by atoms with Gasteiger partial charge in [0.15, 0.2) is 6.29 Å². The highest BCUT2D eigenvalue weighted by molar-refractivity contribution is 6.65. The van der Waals surface area contributed by atoms with Crippen LogP contribution in [0.4, 0.5) is 5.69 Å². The number of rotatable bonds is 8. The second-order valence-corrected chi connectivity index (χ2v) is 6.06. The van der Waals surface area contributed by atoms with Gasteiger partial charge in [-0.2, -0.15) is 0 Å².